The molecule has 1 aromatic heterocycles. The number of hydrogen-bond acceptors (Lipinski definition) is 2. The normalized spacial score (nSPS) is 37.7. The van der Waals surface area contributed by atoms with Crippen LogP contribution in [0.1, 0.15) is 30.6 Å². The molecule has 1 aromatic carbocycles. The van der Waals surface area contributed by atoms with Crippen LogP contribution in [-0.2, 0) is 6.42 Å². The van der Waals surface area contributed by atoms with E-state index >= 15 is 0 Å². The van der Waals surface area contributed by atoms with E-state index in [-0.39, 0.29) is 0 Å². The van der Waals surface area contributed by atoms with Crippen LogP contribution >= 0.6 is 0 Å². The Morgan fingerprint density at radius 1 is 1.36 bits per heavy atom. The van der Waals surface area contributed by atoms with Crippen LogP contribution in [0.25, 0.3) is 10.9 Å². The molecule has 22 heavy (non-hydrogen) atoms. The van der Waals surface area contributed by atoms with Gasteiger partial charge in [-0.25, -0.2) is 0 Å². The molecule has 4 aliphatic rings. The van der Waals surface area contributed by atoms with Crippen LogP contribution in [0.15, 0.2) is 35.9 Å². The van der Waals surface area contributed by atoms with E-state index in [1.807, 2.05) is 0 Å². The molecule has 0 saturated carbocycles. The maximum absolute atomic E-state index is 9.99. The Bertz CT molecular complexity index is 775. The smallest absolute Gasteiger partial charge is 0.0514 e. The highest BCUT2D eigenvalue weighted by Gasteiger charge is 2.52. The molecule has 0 aliphatic carbocycles. The molecule has 6 rings (SSSR count). The van der Waals surface area contributed by atoms with Gasteiger partial charge >= 0.3 is 0 Å². The van der Waals surface area contributed by atoms with Crippen LogP contribution in [0.5, 0.6) is 0 Å². The predicted molar refractivity (Wildman–Crippen MR) is 87.7 cm³/mol. The number of hydrogen-bond donors (Lipinski definition) is 2. The Labute approximate surface area is 130 Å². The predicted octanol–water partition coefficient (Wildman–Crippen LogP) is 3.02. The maximum Gasteiger partial charge on any atom is 0.0514 e. The number of piperidine rings is 3. The number of benzene rings is 1. The molecular weight excluding hydrogens is 272 g/mol. The number of rotatable bonds is 1. The molecule has 3 nitrogen and oxygen atoms in total. The fraction of sp³-hybridized carbons (Fsp3) is 0.474. The zero-order chi connectivity index (χ0) is 14.8. The standard InChI is InChI=1S/C19H22N2O/c1-2-11-9-21-17-8-14-12-5-3-4-6-16(12)20-19(14)18(21)7-13(11)15(17)10-22/h2-6,13,15,17-18,20,22H,7-10H2,1H3/t13-,15?,17+,18+/m1/s1. The second-order valence-corrected chi connectivity index (χ2v) is 7.07. The van der Waals surface area contributed by atoms with Gasteiger partial charge in [0.2, 0.25) is 0 Å². The number of aliphatic hydroxyl groups excluding tert-OH is 1. The maximum atomic E-state index is 9.99. The van der Waals surface area contributed by atoms with Gasteiger partial charge in [-0.2, -0.15) is 0 Å². The summed E-state index contributed by atoms with van der Waals surface area (Å²) in [6, 6.07) is 9.68. The van der Waals surface area contributed by atoms with E-state index in [2.05, 4.69) is 47.1 Å². The number of allylic oxidation sites excluding steroid dienone is 1. The van der Waals surface area contributed by atoms with Gasteiger partial charge in [0.05, 0.1) is 6.04 Å². The zero-order valence-electron chi connectivity index (χ0n) is 12.9. The Hall–Kier alpha value is -1.58. The molecule has 3 fully saturated rings. The van der Waals surface area contributed by atoms with Gasteiger partial charge in [-0.1, -0.05) is 29.8 Å². The van der Waals surface area contributed by atoms with E-state index in [4.69, 9.17) is 0 Å². The molecule has 0 spiro atoms. The minimum atomic E-state index is 0.313. The van der Waals surface area contributed by atoms with Crippen molar-refractivity contribution in [2.24, 2.45) is 11.8 Å². The van der Waals surface area contributed by atoms with Crippen LogP contribution in [0.2, 0.25) is 0 Å². The first-order valence-corrected chi connectivity index (χ1v) is 8.43. The third-order valence-corrected chi connectivity index (χ3v) is 6.33. The summed E-state index contributed by atoms with van der Waals surface area (Å²) in [7, 11) is 0. The third kappa shape index (κ3) is 1.48. The molecule has 3 heteroatoms. The summed E-state index contributed by atoms with van der Waals surface area (Å²) in [5, 5.41) is 11.4. The van der Waals surface area contributed by atoms with Gasteiger partial charge in [0.25, 0.3) is 0 Å². The van der Waals surface area contributed by atoms with Crippen molar-refractivity contribution in [3.05, 3.63) is 47.2 Å². The Kier molecular flexibility index (Phi) is 2.62. The molecule has 0 radical (unpaired) electrons. The lowest BCUT2D eigenvalue weighted by molar-refractivity contribution is -0.0503. The molecule has 2 unspecified atom stereocenters. The molecule has 3 saturated heterocycles. The van der Waals surface area contributed by atoms with E-state index in [1.54, 1.807) is 0 Å². The Morgan fingerprint density at radius 2 is 2.23 bits per heavy atom. The fourth-order valence-corrected chi connectivity index (χ4v) is 5.32. The number of fused-ring (bicyclic) bond motifs is 4. The number of nitrogens with zero attached hydrogens (tertiary/aromatic N) is 1. The largest absolute Gasteiger partial charge is 0.396 e. The summed E-state index contributed by atoms with van der Waals surface area (Å²) in [4.78, 5) is 6.35. The Balaban J connectivity index is 1.69. The van der Waals surface area contributed by atoms with Crippen LogP contribution in [-0.4, -0.2) is 34.2 Å². The van der Waals surface area contributed by atoms with Crippen LogP contribution in [0.3, 0.4) is 0 Å². The monoisotopic (exact) mass is 294 g/mol. The molecule has 5 atom stereocenters. The Morgan fingerprint density at radius 3 is 3.05 bits per heavy atom. The van der Waals surface area contributed by atoms with Crippen molar-refractivity contribution in [1.29, 1.82) is 0 Å². The lowest BCUT2D eigenvalue weighted by Gasteiger charge is -2.58. The summed E-state index contributed by atoms with van der Waals surface area (Å²) >= 11 is 0. The molecular formula is C19H22N2O. The van der Waals surface area contributed by atoms with Crippen molar-refractivity contribution in [2.75, 3.05) is 13.2 Å². The van der Waals surface area contributed by atoms with Crippen molar-refractivity contribution in [3.8, 4) is 0 Å². The summed E-state index contributed by atoms with van der Waals surface area (Å²) < 4.78 is 0. The van der Waals surface area contributed by atoms with Gasteiger partial charge in [0.15, 0.2) is 0 Å². The number of aromatic nitrogens is 1. The minimum absolute atomic E-state index is 0.313. The topological polar surface area (TPSA) is 39.3 Å². The minimum Gasteiger partial charge on any atom is -0.396 e. The van der Waals surface area contributed by atoms with Gasteiger partial charge in [-0.3, -0.25) is 4.90 Å². The second-order valence-electron chi connectivity index (χ2n) is 7.07. The quantitative estimate of drug-likeness (QED) is 0.794. The summed E-state index contributed by atoms with van der Waals surface area (Å²) in [6.45, 7) is 3.55. The fourth-order valence-electron chi connectivity index (χ4n) is 5.32. The summed E-state index contributed by atoms with van der Waals surface area (Å²) in [5.41, 5.74) is 5.74. The number of H-pyrrole nitrogens is 1. The first-order valence-electron chi connectivity index (χ1n) is 8.43. The van der Waals surface area contributed by atoms with E-state index in [9.17, 15) is 5.11 Å². The highest BCUT2D eigenvalue weighted by Crippen LogP contribution is 2.53. The van der Waals surface area contributed by atoms with Crippen LogP contribution in [0.4, 0.5) is 0 Å². The first-order chi connectivity index (χ1) is 10.8. The van der Waals surface area contributed by atoms with Crippen molar-refractivity contribution >= 4 is 10.9 Å². The molecule has 2 N–H and O–H groups in total. The molecule has 0 amide bonds. The number of aromatic amines is 1. The molecule has 4 aliphatic heterocycles. The van der Waals surface area contributed by atoms with Crippen molar-refractivity contribution < 1.29 is 5.11 Å². The first kappa shape index (κ1) is 12.9. The number of para-hydroxylation sites is 1. The summed E-state index contributed by atoms with van der Waals surface area (Å²) in [6.07, 6.45) is 4.51. The van der Waals surface area contributed by atoms with Crippen LogP contribution < -0.4 is 0 Å². The highest BCUT2D eigenvalue weighted by atomic mass is 16.3. The lowest BCUT2D eigenvalue weighted by atomic mass is 9.64. The van der Waals surface area contributed by atoms with E-state index < -0.39 is 0 Å². The van der Waals surface area contributed by atoms with Crippen molar-refractivity contribution in [2.45, 2.75) is 31.8 Å². The van der Waals surface area contributed by atoms with E-state index in [0.29, 0.717) is 30.5 Å². The van der Waals surface area contributed by atoms with Gasteiger partial charge in [-0.15, -0.1) is 0 Å². The average Bonchev–Trinajstić information content (AvgIpc) is 2.93. The lowest BCUT2D eigenvalue weighted by Crippen LogP contribution is -2.60. The van der Waals surface area contributed by atoms with Crippen LogP contribution in [0, 0.1) is 11.8 Å². The number of nitrogens with one attached hydrogen (secondary N) is 1. The third-order valence-electron chi connectivity index (χ3n) is 6.33. The second kappa shape index (κ2) is 4.46. The van der Waals surface area contributed by atoms with E-state index in [1.165, 1.54) is 27.7 Å². The van der Waals surface area contributed by atoms with Crippen molar-refractivity contribution in [1.82, 2.24) is 9.88 Å². The summed E-state index contributed by atoms with van der Waals surface area (Å²) in [5.74, 6) is 0.965. The molecule has 4 bridgehead atoms. The van der Waals surface area contributed by atoms with E-state index in [0.717, 1.165) is 19.4 Å². The molecule has 114 valence electrons. The van der Waals surface area contributed by atoms with Gasteiger partial charge in [0.1, 0.15) is 0 Å². The number of aliphatic hydroxyl groups is 1. The SMILES string of the molecule is CC=C1CN2[C@H]3C[C@H]1C(CO)[C@@H]2Cc1c3[nH]c2ccccc12. The van der Waals surface area contributed by atoms with Gasteiger partial charge in [-0.05, 0) is 37.3 Å². The average molecular weight is 294 g/mol. The molecule has 2 aromatic rings. The highest BCUT2D eigenvalue weighted by molar-refractivity contribution is 5.85. The van der Waals surface area contributed by atoms with Gasteiger partial charge < -0.3 is 10.1 Å². The van der Waals surface area contributed by atoms with Gasteiger partial charge in [0, 0.05) is 41.7 Å². The molecule has 5 heterocycles. The van der Waals surface area contributed by atoms with Crippen molar-refractivity contribution in [3.63, 3.8) is 0 Å². The zero-order valence-corrected chi connectivity index (χ0v) is 12.9.